The molecule has 9 nitrogen and oxygen atoms in total. The molecule has 0 atom stereocenters. The summed E-state index contributed by atoms with van der Waals surface area (Å²) < 4.78 is 32.3. The number of aryl methyl sites for hydroxylation is 2. The molecule has 2 aromatic heterocycles. The highest BCUT2D eigenvalue weighted by Gasteiger charge is 2.48. The molecule has 0 unspecified atom stereocenters. The summed E-state index contributed by atoms with van der Waals surface area (Å²) in [5.41, 5.74) is 1.90. The van der Waals surface area contributed by atoms with E-state index in [2.05, 4.69) is 24.5 Å². The summed E-state index contributed by atoms with van der Waals surface area (Å²) >= 11 is 1.39. The van der Waals surface area contributed by atoms with E-state index in [-0.39, 0.29) is 12.1 Å². The Balaban J connectivity index is 1.48. The van der Waals surface area contributed by atoms with Crippen molar-refractivity contribution in [2.45, 2.75) is 45.1 Å². The number of aromatic nitrogens is 3. The van der Waals surface area contributed by atoms with Gasteiger partial charge in [-0.15, -0.1) is 0 Å². The van der Waals surface area contributed by atoms with Gasteiger partial charge in [-0.05, 0) is 63.8 Å². The molecule has 2 aliphatic heterocycles. The molecule has 31 heavy (non-hydrogen) atoms. The molecule has 11 heteroatoms. The summed E-state index contributed by atoms with van der Waals surface area (Å²) in [6, 6.07) is 1.97. The third-order valence-corrected chi connectivity index (χ3v) is 7.36. The maximum Gasteiger partial charge on any atom is 0.264 e. The molecular weight excluding hydrogens is 436 g/mol. The van der Waals surface area contributed by atoms with Crippen LogP contribution in [0.1, 0.15) is 36.9 Å². The molecule has 2 aliphatic rings. The summed E-state index contributed by atoms with van der Waals surface area (Å²) in [7, 11) is -3.43. The quantitative estimate of drug-likeness (QED) is 0.589. The van der Waals surface area contributed by atoms with E-state index < -0.39 is 10.1 Å². The fourth-order valence-corrected chi connectivity index (χ4v) is 5.47. The Kier molecular flexibility index (Phi) is 6.47. The largest absolute Gasteiger partial charge is 0.352 e. The first-order valence-corrected chi connectivity index (χ1v) is 13.2. The van der Waals surface area contributed by atoms with Crippen molar-refractivity contribution < 1.29 is 12.6 Å². The molecule has 2 aromatic rings. The van der Waals surface area contributed by atoms with Crippen LogP contribution in [0.2, 0.25) is 0 Å². The van der Waals surface area contributed by atoms with Crippen molar-refractivity contribution in [3.8, 4) is 0 Å². The van der Waals surface area contributed by atoms with Crippen LogP contribution in [0.15, 0.2) is 12.3 Å². The van der Waals surface area contributed by atoms with E-state index in [9.17, 15) is 8.42 Å². The zero-order valence-corrected chi connectivity index (χ0v) is 19.9. The number of rotatable bonds is 8. The van der Waals surface area contributed by atoms with Crippen molar-refractivity contribution in [1.29, 1.82) is 0 Å². The molecule has 0 radical (unpaired) electrons. The Bertz CT molecular complexity index is 1010. The molecule has 2 saturated heterocycles. The standard InChI is InChI=1S/C20H30N6O3S2/c1-15-12-21-19(22-17-11-16(2)24-30-17)23-18(15)25-13-20(14-25,7-10-29-31(3,27)28)26-8-5-4-6-9-26/h11-12H,4-10,13-14H2,1-3H3,(H,21,22,23). The minimum atomic E-state index is -3.43. The molecule has 170 valence electrons. The molecule has 0 aliphatic carbocycles. The van der Waals surface area contributed by atoms with Gasteiger partial charge in [0.25, 0.3) is 10.1 Å². The lowest BCUT2D eigenvalue weighted by Gasteiger charge is -2.57. The lowest BCUT2D eigenvalue weighted by Crippen LogP contribution is -2.71. The zero-order chi connectivity index (χ0) is 22.1. The Morgan fingerprint density at radius 1 is 1.23 bits per heavy atom. The van der Waals surface area contributed by atoms with Gasteiger partial charge in [-0.2, -0.15) is 17.8 Å². The van der Waals surface area contributed by atoms with Crippen molar-refractivity contribution in [3.63, 3.8) is 0 Å². The predicted molar refractivity (Wildman–Crippen MR) is 123 cm³/mol. The van der Waals surface area contributed by atoms with Crippen LogP contribution in [0.3, 0.4) is 0 Å². The number of nitrogens with zero attached hydrogens (tertiary/aromatic N) is 5. The first kappa shape index (κ1) is 22.4. The Morgan fingerprint density at radius 2 is 1.97 bits per heavy atom. The average Bonchev–Trinajstić information content (AvgIpc) is 3.10. The summed E-state index contributed by atoms with van der Waals surface area (Å²) in [4.78, 5) is 14.0. The summed E-state index contributed by atoms with van der Waals surface area (Å²) in [6.45, 7) is 7.89. The van der Waals surface area contributed by atoms with Crippen molar-refractivity contribution in [1.82, 2.24) is 19.2 Å². The average molecular weight is 467 g/mol. The van der Waals surface area contributed by atoms with Gasteiger partial charge in [0.1, 0.15) is 10.8 Å². The van der Waals surface area contributed by atoms with E-state index in [0.29, 0.717) is 12.4 Å². The normalized spacial score (nSPS) is 19.3. The Morgan fingerprint density at radius 3 is 2.61 bits per heavy atom. The summed E-state index contributed by atoms with van der Waals surface area (Å²) in [5.74, 6) is 1.47. The fourth-order valence-electron chi connectivity index (χ4n) is 4.43. The number of piperidine rings is 1. The van der Waals surface area contributed by atoms with E-state index in [0.717, 1.165) is 54.5 Å². The van der Waals surface area contributed by atoms with Gasteiger partial charge < -0.3 is 10.2 Å². The van der Waals surface area contributed by atoms with Crippen molar-refractivity contribution >= 4 is 38.4 Å². The van der Waals surface area contributed by atoms with Crippen LogP contribution in [-0.2, 0) is 14.3 Å². The minimum absolute atomic E-state index is 0.0785. The maximum absolute atomic E-state index is 11.4. The molecule has 4 rings (SSSR count). The molecule has 1 N–H and O–H groups in total. The molecule has 0 spiro atoms. The number of anilines is 3. The smallest absolute Gasteiger partial charge is 0.264 e. The van der Waals surface area contributed by atoms with Gasteiger partial charge in [-0.3, -0.25) is 9.08 Å². The van der Waals surface area contributed by atoms with Gasteiger partial charge in [0.05, 0.1) is 24.1 Å². The van der Waals surface area contributed by atoms with E-state index in [1.54, 1.807) is 0 Å². The number of hydrogen-bond donors (Lipinski definition) is 1. The molecule has 2 fully saturated rings. The van der Waals surface area contributed by atoms with Gasteiger partial charge >= 0.3 is 0 Å². The van der Waals surface area contributed by atoms with Crippen LogP contribution in [0.4, 0.5) is 16.8 Å². The molecule has 0 saturated carbocycles. The minimum Gasteiger partial charge on any atom is -0.352 e. The van der Waals surface area contributed by atoms with Crippen LogP contribution in [0.25, 0.3) is 0 Å². The molecule has 0 aromatic carbocycles. The lowest BCUT2D eigenvalue weighted by atomic mass is 9.83. The SMILES string of the molecule is Cc1cc(Nc2ncc(C)c(N3CC(CCOS(C)(=O)=O)(N4CCCCC4)C3)n2)sn1. The zero-order valence-electron chi connectivity index (χ0n) is 18.3. The third kappa shape index (κ3) is 5.33. The van der Waals surface area contributed by atoms with Gasteiger partial charge in [0, 0.05) is 24.8 Å². The highest BCUT2D eigenvalue weighted by Crippen LogP contribution is 2.37. The number of hydrogen-bond acceptors (Lipinski definition) is 10. The second-order valence-corrected chi connectivity index (χ2v) is 11.0. The highest BCUT2D eigenvalue weighted by atomic mass is 32.2. The Hall–Kier alpha value is -1.82. The predicted octanol–water partition coefficient (Wildman–Crippen LogP) is 2.70. The maximum atomic E-state index is 11.4. The van der Waals surface area contributed by atoms with Crippen LogP contribution < -0.4 is 10.2 Å². The van der Waals surface area contributed by atoms with Crippen molar-refractivity contribution in [2.75, 3.05) is 49.3 Å². The van der Waals surface area contributed by atoms with Crippen molar-refractivity contribution in [2.24, 2.45) is 0 Å². The summed E-state index contributed by atoms with van der Waals surface area (Å²) in [6.07, 6.45) is 7.26. The monoisotopic (exact) mass is 466 g/mol. The van der Waals surface area contributed by atoms with E-state index in [1.807, 2.05) is 26.1 Å². The topological polar surface area (TPSA) is 101 Å². The number of likely N-dealkylation sites (tertiary alicyclic amines) is 1. The van der Waals surface area contributed by atoms with Crippen LogP contribution in [0.5, 0.6) is 0 Å². The Labute approximate surface area is 188 Å². The lowest BCUT2D eigenvalue weighted by molar-refractivity contribution is 0.0234. The van der Waals surface area contributed by atoms with Gasteiger partial charge in [-0.1, -0.05) is 6.42 Å². The van der Waals surface area contributed by atoms with E-state index >= 15 is 0 Å². The van der Waals surface area contributed by atoms with Crippen LogP contribution in [0, 0.1) is 13.8 Å². The first-order chi connectivity index (χ1) is 14.7. The van der Waals surface area contributed by atoms with Crippen LogP contribution >= 0.6 is 11.5 Å². The molecule has 0 bridgehead atoms. The second-order valence-electron chi connectivity index (χ2n) is 8.56. The van der Waals surface area contributed by atoms with E-state index in [1.165, 1.54) is 30.8 Å². The molecular formula is C20H30N6O3S2. The van der Waals surface area contributed by atoms with Gasteiger partial charge in [0.15, 0.2) is 0 Å². The van der Waals surface area contributed by atoms with Gasteiger partial charge in [0.2, 0.25) is 5.95 Å². The first-order valence-electron chi connectivity index (χ1n) is 10.6. The fraction of sp³-hybridized carbons (Fsp3) is 0.650. The van der Waals surface area contributed by atoms with Crippen LogP contribution in [-0.4, -0.2) is 72.2 Å². The van der Waals surface area contributed by atoms with Gasteiger partial charge in [-0.25, -0.2) is 4.98 Å². The summed E-state index contributed by atoms with van der Waals surface area (Å²) in [5, 5.41) is 4.15. The third-order valence-electron chi connectivity index (χ3n) is 5.97. The highest BCUT2D eigenvalue weighted by molar-refractivity contribution is 7.85. The number of nitrogens with one attached hydrogen (secondary N) is 1. The second kappa shape index (κ2) is 8.97. The molecule has 4 heterocycles. The van der Waals surface area contributed by atoms with Crippen molar-refractivity contribution in [3.05, 3.63) is 23.5 Å². The molecule has 0 amide bonds. The van der Waals surface area contributed by atoms with E-state index in [4.69, 9.17) is 9.17 Å².